The van der Waals surface area contributed by atoms with E-state index in [1.165, 1.54) is 44.8 Å². The van der Waals surface area contributed by atoms with Crippen molar-refractivity contribution in [1.82, 2.24) is 25.8 Å². The molecule has 250 valence electrons. The smallest absolute Gasteiger partial charge is 0.328 e. The van der Waals surface area contributed by atoms with Gasteiger partial charge in [-0.1, -0.05) is 38.5 Å². The van der Waals surface area contributed by atoms with Gasteiger partial charge in [0.1, 0.15) is 18.1 Å². The zero-order valence-electron chi connectivity index (χ0n) is 26.5. The number of hydrogen-bond donors (Lipinski definition) is 4. The van der Waals surface area contributed by atoms with Gasteiger partial charge in [-0.15, -0.1) is 0 Å². The largest absolute Gasteiger partial charge is 0.480 e. The molecule has 13 nitrogen and oxygen atoms in total. The highest BCUT2D eigenvalue weighted by Crippen LogP contribution is 2.22. The number of rotatable bonds is 5. The zero-order chi connectivity index (χ0) is 31.9. The summed E-state index contributed by atoms with van der Waals surface area (Å²) in [5.41, 5.74) is 0. The molecule has 3 heterocycles. The van der Waals surface area contributed by atoms with Crippen LogP contribution in [0, 0.1) is 0 Å². The van der Waals surface area contributed by atoms with Crippen molar-refractivity contribution in [2.24, 2.45) is 0 Å². The maximum absolute atomic E-state index is 12.2. The highest BCUT2D eigenvalue weighted by Gasteiger charge is 2.36. The summed E-state index contributed by atoms with van der Waals surface area (Å²) in [7, 11) is 2.79. The third-order valence-corrected chi connectivity index (χ3v) is 9.20. The van der Waals surface area contributed by atoms with Crippen LogP contribution in [-0.4, -0.2) is 109 Å². The fraction of sp³-hybridized carbons (Fsp3) is 0.839. The summed E-state index contributed by atoms with van der Waals surface area (Å²) in [6.45, 7) is 2.16. The summed E-state index contributed by atoms with van der Waals surface area (Å²) in [4.78, 5) is 60.5. The van der Waals surface area contributed by atoms with Crippen LogP contribution in [0.4, 0.5) is 9.59 Å². The van der Waals surface area contributed by atoms with Crippen LogP contribution < -0.4 is 16.0 Å². The number of nitrogens with zero attached hydrogens (tertiary/aromatic N) is 2. The third-order valence-electron chi connectivity index (χ3n) is 9.20. The molecule has 5 fully saturated rings. The van der Waals surface area contributed by atoms with Gasteiger partial charge in [-0.3, -0.25) is 4.79 Å². The minimum atomic E-state index is -0.888. The molecule has 0 aromatic carbocycles. The van der Waals surface area contributed by atoms with E-state index in [1.807, 2.05) is 0 Å². The molecule has 2 saturated carbocycles. The van der Waals surface area contributed by atoms with Crippen LogP contribution in [0.2, 0.25) is 0 Å². The quantitative estimate of drug-likeness (QED) is 0.337. The molecule has 0 aromatic rings. The van der Waals surface area contributed by atoms with Crippen molar-refractivity contribution in [3.05, 3.63) is 0 Å². The standard InChI is InChI=1S/C13H22N2O3.C12H20N2O3.C6H11NO2/c1-18-12(16)11-8-5-9-15(11)13(17)14-10-6-3-2-4-7-10;15-11(16)10-7-4-8-14(10)12(17)13-9-5-2-1-3-6-9;1-9-6(8)5-3-2-4-7-5/h10-11H,2-9H2,1H3,(H,14,17);9-10H,1-8H2,(H,13,17)(H,15,16);5,7H,2-4H2,1H3. The highest BCUT2D eigenvalue weighted by atomic mass is 16.5. The van der Waals surface area contributed by atoms with Crippen molar-refractivity contribution >= 4 is 30.0 Å². The lowest BCUT2D eigenvalue weighted by Crippen LogP contribution is -2.49. The van der Waals surface area contributed by atoms with Crippen LogP contribution in [0.25, 0.3) is 0 Å². The Balaban J connectivity index is 0.000000190. The Morgan fingerprint density at radius 1 is 0.614 bits per heavy atom. The summed E-state index contributed by atoms with van der Waals surface area (Å²) in [6.07, 6.45) is 16.3. The van der Waals surface area contributed by atoms with E-state index in [-0.39, 0.29) is 42.1 Å². The average molecular weight is 624 g/mol. The lowest BCUT2D eigenvalue weighted by atomic mass is 9.96. The van der Waals surface area contributed by atoms with E-state index in [1.54, 1.807) is 4.90 Å². The summed E-state index contributed by atoms with van der Waals surface area (Å²) >= 11 is 0. The van der Waals surface area contributed by atoms with Crippen molar-refractivity contribution in [1.29, 1.82) is 0 Å². The van der Waals surface area contributed by atoms with Gasteiger partial charge in [0.25, 0.3) is 0 Å². The summed E-state index contributed by atoms with van der Waals surface area (Å²) in [6, 6.07) is -0.819. The lowest BCUT2D eigenvalue weighted by molar-refractivity contribution is -0.145. The number of carbonyl (C=O) groups excluding carboxylic acids is 4. The molecule has 2 aliphatic carbocycles. The van der Waals surface area contributed by atoms with Crippen LogP contribution >= 0.6 is 0 Å². The molecular weight excluding hydrogens is 570 g/mol. The van der Waals surface area contributed by atoms with E-state index in [9.17, 15) is 24.0 Å². The van der Waals surface area contributed by atoms with Gasteiger partial charge in [0, 0.05) is 25.2 Å². The molecule has 0 radical (unpaired) electrons. The molecule has 0 spiro atoms. The molecule has 3 aliphatic heterocycles. The number of ether oxygens (including phenoxy) is 2. The number of methoxy groups -OCH3 is 2. The Labute approximate surface area is 261 Å². The van der Waals surface area contributed by atoms with E-state index in [0.29, 0.717) is 25.9 Å². The summed E-state index contributed by atoms with van der Waals surface area (Å²) in [5, 5.41) is 18.1. The Bertz CT molecular complexity index is 947. The molecule has 5 aliphatic rings. The molecule has 5 rings (SSSR count). The molecule has 3 atom stereocenters. The van der Waals surface area contributed by atoms with Crippen LogP contribution in [0.3, 0.4) is 0 Å². The third kappa shape index (κ3) is 10.8. The number of hydrogen-bond acceptors (Lipinski definition) is 8. The van der Waals surface area contributed by atoms with Gasteiger partial charge >= 0.3 is 30.0 Å². The molecule has 44 heavy (non-hydrogen) atoms. The van der Waals surface area contributed by atoms with E-state index in [0.717, 1.165) is 70.8 Å². The number of aliphatic carboxylic acids is 1. The summed E-state index contributed by atoms with van der Waals surface area (Å²) < 4.78 is 9.28. The van der Waals surface area contributed by atoms with Gasteiger partial charge in [0.15, 0.2) is 0 Å². The normalized spacial score (nSPS) is 25.5. The minimum Gasteiger partial charge on any atom is -0.480 e. The van der Waals surface area contributed by atoms with Gasteiger partial charge in [0.2, 0.25) is 0 Å². The molecule has 0 aromatic heterocycles. The fourth-order valence-corrected chi connectivity index (χ4v) is 6.69. The molecule has 4 N–H and O–H groups in total. The average Bonchev–Trinajstić information content (AvgIpc) is 3.84. The predicted molar refractivity (Wildman–Crippen MR) is 163 cm³/mol. The van der Waals surface area contributed by atoms with Crippen molar-refractivity contribution in [3.63, 3.8) is 0 Å². The number of likely N-dealkylation sites (tertiary alicyclic amines) is 2. The molecule has 4 amide bonds. The molecule has 3 unspecified atom stereocenters. The van der Waals surface area contributed by atoms with E-state index in [4.69, 9.17) is 9.84 Å². The molecule has 3 saturated heterocycles. The fourth-order valence-electron chi connectivity index (χ4n) is 6.69. The first-order valence-corrected chi connectivity index (χ1v) is 16.5. The van der Waals surface area contributed by atoms with E-state index < -0.39 is 18.1 Å². The van der Waals surface area contributed by atoms with Crippen molar-refractivity contribution in [2.45, 2.75) is 133 Å². The minimum absolute atomic E-state index is 0.0324. The number of nitrogens with one attached hydrogen (secondary N) is 3. The number of carboxylic acids is 1. The highest BCUT2D eigenvalue weighted by molar-refractivity contribution is 5.84. The molecular formula is C31H53N5O8. The second-order valence-corrected chi connectivity index (χ2v) is 12.3. The Hall–Kier alpha value is -3.09. The topological polar surface area (TPSA) is 167 Å². The second-order valence-electron chi connectivity index (χ2n) is 12.3. The Kier molecular flexibility index (Phi) is 15.0. The van der Waals surface area contributed by atoms with Gasteiger partial charge < -0.3 is 40.3 Å². The first-order valence-electron chi connectivity index (χ1n) is 16.5. The first kappa shape index (κ1) is 35.4. The SMILES string of the molecule is COC(=O)C1CCCN1.COC(=O)C1CCCN1C(=O)NC1CCCCC1.O=C(O)C1CCCN1C(=O)NC1CCCCC1. The van der Waals surface area contributed by atoms with Gasteiger partial charge in [-0.25, -0.2) is 19.2 Å². The number of carbonyl (C=O) groups is 5. The second kappa shape index (κ2) is 18.7. The van der Waals surface area contributed by atoms with E-state index >= 15 is 0 Å². The predicted octanol–water partition coefficient (Wildman–Crippen LogP) is 3.16. The monoisotopic (exact) mass is 623 g/mol. The maximum Gasteiger partial charge on any atom is 0.328 e. The van der Waals surface area contributed by atoms with Gasteiger partial charge in [0.05, 0.1) is 14.2 Å². The summed E-state index contributed by atoms with van der Waals surface area (Å²) in [5.74, 6) is -1.32. The van der Waals surface area contributed by atoms with Gasteiger partial charge in [-0.2, -0.15) is 0 Å². The lowest BCUT2D eigenvalue weighted by Gasteiger charge is -2.28. The first-order chi connectivity index (χ1) is 21.2. The number of carboxylic acid groups (broad SMARTS) is 1. The maximum atomic E-state index is 12.2. The van der Waals surface area contributed by atoms with Crippen molar-refractivity contribution in [3.8, 4) is 0 Å². The number of amides is 4. The molecule has 0 bridgehead atoms. The zero-order valence-corrected chi connectivity index (χ0v) is 26.5. The van der Waals surface area contributed by atoms with E-state index in [2.05, 4.69) is 20.7 Å². The van der Waals surface area contributed by atoms with Crippen LogP contribution in [0.15, 0.2) is 0 Å². The number of urea groups is 2. The molecule has 13 heteroatoms. The Morgan fingerprint density at radius 3 is 1.52 bits per heavy atom. The Morgan fingerprint density at radius 2 is 1.09 bits per heavy atom. The van der Waals surface area contributed by atoms with Crippen molar-refractivity contribution < 1.29 is 38.6 Å². The number of esters is 2. The van der Waals surface area contributed by atoms with Crippen LogP contribution in [-0.2, 0) is 23.9 Å². The van der Waals surface area contributed by atoms with Gasteiger partial charge in [-0.05, 0) is 70.8 Å². The van der Waals surface area contributed by atoms with Crippen molar-refractivity contribution in [2.75, 3.05) is 33.9 Å². The van der Waals surface area contributed by atoms with Crippen LogP contribution in [0.5, 0.6) is 0 Å². The van der Waals surface area contributed by atoms with Crippen LogP contribution in [0.1, 0.15) is 103 Å².